The number of H-pyrrole nitrogens is 1. The first kappa shape index (κ1) is 20.0. The molecule has 8 heteroatoms. The van der Waals surface area contributed by atoms with E-state index < -0.39 is 5.41 Å². The Hall–Kier alpha value is -2.35. The number of nitrogens with zero attached hydrogens (tertiary/aromatic N) is 2. The first-order chi connectivity index (χ1) is 12.2. The number of aromatic amines is 1. The molecule has 0 radical (unpaired) electrons. The number of nitrogens with one attached hydrogen (secondary N) is 2. The van der Waals surface area contributed by atoms with Gasteiger partial charge in [-0.25, -0.2) is 9.89 Å². The van der Waals surface area contributed by atoms with Gasteiger partial charge < -0.3 is 5.32 Å². The van der Waals surface area contributed by atoms with Crippen LogP contribution in [0, 0.1) is 5.41 Å². The summed E-state index contributed by atoms with van der Waals surface area (Å²) in [7, 11) is 0. The second-order valence-corrected chi connectivity index (χ2v) is 7.90. The molecule has 0 spiro atoms. The third-order valence-corrected chi connectivity index (χ3v) is 4.63. The van der Waals surface area contributed by atoms with Gasteiger partial charge in [0, 0.05) is 23.2 Å². The van der Waals surface area contributed by atoms with E-state index in [2.05, 4.69) is 15.5 Å². The minimum absolute atomic E-state index is 0.0674. The Morgan fingerprint density at radius 1 is 1.23 bits per heavy atom. The summed E-state index contributed by atoms with van der Waals surface area (Å²) in [5.41, 5.74) is 0.452. The molecule has 1 aromatic carbocycles. The lowest BCUT2D eigenvalue weighted by atomic mass is 9.95. The van der Waals surface area contributed by atoms with Gasteiger partial charge in [-0.15, -0.1) is 5.10 Å². The summed E-state index contributed by atoms with van der Waals surface area (Å²) >= 11 is 1.23. The number of carbonyl (C=O) groups is 2. The molecule has 0 atom stereocenters. The third kappa shape index (κ3) is 5.08. The molecule has 1 amide bonds. The fourth-order valence-corrected chi connectivity index (χ4v) is 2.97. The Morgan fingerprint density at radius 3 is 2.46 bits per heavy atom. The van der Waals surface area contributed by atoms with Crippen LogP contribution in [0.5, 0.6) is 0 Å². The first-order valence-corrected chi connectivity index (χ1v) is 9.43. The van der Waals surface area contributed by atoms with E-state index in [-0.39, 0.29) is 23.1 Å². The molecule has 26 heavy (non-hydrogen) atoms. The van der Waals surface area contributed by atoms with Crippen molar-refractivity contribution in [3.8, 4) is 0 Å². The number of rotatable bonds is 7. The van der Waals surface area contributed by atoms with Crippen LogP contribution in [0.1, 0.15) is 44.5 Å². The van der Waals surface area contributed by atoms with Gasteiger partial charge in [0.25, 0.3) is 0 Å². The summed E-state index contributed by atoms with van der Waals surface area (Å²) in [4.78, 5) is 36.0. The summed E-state index contributed by atoms with van der Waals surface area (Å²) < 4.78 is 1.53. The van der Waals surface area contributed by atoms with E-state index in [1.54, 1.807) is 24.3 Å². The van der Waals surface area contributed by atoms with Crippen LogP contribution in [0.15, 0.2) is 34.2 Å². The van der Waals surface area contributed by atoms with E-state index in [1.165, 1.54) is 16.3 Å². The maximum atomic E-state index is 12.4. The van der Waals surface area contributed by atoms with Crippen LogP contribution in [-0.2, 0) is 11.3 Å². The van der Waals surface area contributed by atoms with Crippen LogP contribution in [0.25, 0.3) is 0 Å². The van der Waals surface area contributed by atoms with E-state index in [0.29, 0.717) is 23.0 Å². The zero-order valence-electron chi connectivity index (χ0n) is 15.5. The average Bonchev–Trinajstić information content (AvgIpc) is 2.93. The number of aromatic nitrogens is 3. The van der Waals surface area contributed by atoms with Gasteiger partial charge in [0.05, 0.1) is 5.75 Å². The van der Waals surface area contributed by atoms with Gasteiger partial charge in [0.2, 0.25) is 5.91 Å². The fourth-order valence-electron chi connectivity index (χ4n) is 2.11. The molecule has 1 heterocycles. The van der Waals surface area contributed by atoms with Crippen molar-refractivity contribution in [1.82, 2.24) is 14.8 Å². The number of Topliss-reactive ketones (excluding diaryl/α,β-unsaturated/α-hetero) is 1. The highest BCUT2D eigenvalue weighted by Crippen LogP contribution is 2.19. The SMILES string of the molecule is CCCn1c(SCC(=O)c2ccc(NC(=O)C(C)(C)C)cc2)n[nH]c1=O. The van der Waals surface area contributed by atoms with Crippen molar-refractivity contribution in [1.29, 1.82) is 0 Å². The van der Waals surface area contributed by atoms with Gasteiger partial charge in [-0.05, 0) is 30.7 Å². The molecular formula is C18H24N4O3S. The van der Waals surface area contributed by atoms with Crippen molar-refractivity contribution in [3.05, 3.63) is 40.3 Å². The number of carbonyl (C=O) groups excluding carboxylic acids is 2. The number of hydrogen-bond donors (Lipinski definition) is 2. The number of amides is 1. The minimum atomic E-state index is -0.483. The van der Waals surface area contributed by atoms with Gasteiger partial charge in [0.15, 0.2) is 10.9 Å². The highest BCUT2D eigenvalue weighted by atomic mass is 32.2. The van der Waals surface area contributed by atoms with Crippen molar-refractivity contribution in [2.45, 2.75) is 45.8 Å². The quantitative estimate of drug-likeness (QED) is 0.572. The predicted octanol–water partition coefficient (Wildman–Crippen LogP) is 2.94. The lowest BCUT2D eigenvalue weighted by molar-refractivity contribution is -0.123. The maximum Gasteiger partial charge on any atom is 0.343 e. The molecule has 0 unspecified atom stereocenters. The van der Waals surface area contributed by atoms with Gasteiger partial charge in [-0.3, -0.25) is 14.2 Å². The molecule has 1 aromatic heterocycles. The average molecular weight is 376 g/mol. The third-order valence-electron chi connectivity index (χ3n) is 3.65. The number of anilines is 1. The van der Waals surface area contributed by atoms with Gasteiger partial charge in [-0.2, -0.15) is 0 Å². The largest absolute Gasteiger partial charge is 0.343 e. The number of ketones is 1. The van der Waals surface area contributed by atoms with Crippen LogP contribution in [0.3, 0.4) is 0 Å². The van der Waals surface area contributed by atoms with Gasteiger partial charge >= 0.3 is 5.69 Å². The van der Waals surface area contributed by atoms with Crippen molar-refractivity contribution in [2.24, 2.45) is 5.41 Å². The van der Waals surface area contributed by atoms with Crippen molar-refractivity contribution < 1.29 is 9.59 Å². The molecule has 2 N–H and O–H groups in total. The van der Waals surface area contributed by atoms with Crippen LogP contribution in [0.4, 0.5) is 5.69 Å². The molecule has 140 valence electrons. The zero-order chi connectivity index (χ0) is 19.3. The Labute approximate surface area is 156 Å². The Morgan fingerprint density at radius 2 is 1.88 bits per heavy atom. The molecule has 2 rings (SSSR count). The van der Waals surface area contributed by atoms with E-state index in [9.17, 15) is 14.4 Å². The minimum Gasteiger partial charge on any atom is -0.326 e. The monoisotopic (exact) mass is 376 g/mol. The van der Waals surface area contributed by atoms with Crippen LogP contribution in [-0.4, -0.2) is 32.2 Å². The van der Waals surface area contributed by atoms with Crippen molar-refractivity contribution >= 4 is 29.1 Å². The van der Waals surface area contributed by atoms with Crippen LogP contribution >= 0.6 is 11.8 Å². The summed E-state index contributed by atoms with van der Waals surface area (Å²) in [6.07, 6.45) is 0.808. The smallest absolute Gasteiger partial charge is 0.326 e. The molecule has 0 bridgehead atoms. The van der Waals surface area contributed by atoms with Gasteiger partial charge in [0.1, 0.15) is 0 Å². The first-order valence-electron chi connectivity index (χ1n) is 8.45. The maximum absolute atomic E-state index is 12.4. The summed E-state index contributed by atoms with van der Waals surface area (Å²) in [5, 5.41) is 9.70. The molecule has 2 aromatic rings. The second kappa shape index (κ2) is 8.35. The van der Waals surface area contributed by atoms with Crippen molar-refractivity contribution in [3.63, 3.8) is 0 Å². The van der Waals surface area contributed by atoms with E-state index in [0.717, 1.165) is 6.42 Å². The summed E-state index contributed by atoms with van der Waals surface area (Å²) in [5.74, 6) is 0.0311. The lowest BCUT2D eigenvalue weighted by Gasteiger charge is -2.17. The van der Waals surface area contributed by atoms with Crippen LogP contribution < -0.4 is 11.0 Å². The molecule has 0 aliphatic heterocycles. The van der Waals surface area contributed by atoms with E-state index >= 15 is 0 Å². The van der Waals surface area contributed by atoms with E-state index in [4.69, 9.17) is 0 Å². The standard InChI is InChI=1S/C18H24N4O3S/c1-5-10-22-16(25)20-21-17(22)26-11-14(23)12-6-8-13(9-7-12)19-15(24)18(2,3)4/h6-9H,5,10-11H2,1-4H3,(H,19,24)(H,20,25). The fraction of sp³-hybridized carbons (Fsp3) is 0.444. The van der Waals surface area contributed by atoms with Crippen molar-refractivity contribution in [2.75, 3.05) is 11.1 Å². The number of benzene rings is 1. The molecule has 0 aliphatic rings. The number of hydrogen-bond acceptors (Lipinski definition) is 5. The molecule has 0 fully saturated rings. The summed E-state index contributed by atoms with van der Waals surface area (Å²) in [6, 6.07) is 6.79. The molecule has 0 saturated carbocycles. The highest BCUT2D eigenvalue weighted by molar-refractivity contribution is 7.99. The van der Waals surface area contributed by atoms with Crippen LogP contribution in [0.2, 0.25) is 0 Å². The predicted molar refractivity (Wildman–Crippen MR) is 103 cm³/mol. The summed E-state index contributed by atoms with van der Waals surface area (Å²) in [6.45, 7) is 8.05. The topological polar surface area (TPSA) is 96.8 Å². The lowest BCUT2D eigenvalue weighted by Crippen LogP contribution is -2.27. The Bertz CT molecular complexity index is 831. The number of thioether (sulfide) groups is 1. The molecule has 0 saturated heterocycles. The second-order valence-electron chi connectivity index (χ2n) is 6.96. The molecule has 7 nitrogen and oxygen atoms in total. The Kier molecular flexibility index (Phi) is 6.42. The van der Waals surface area contributed by atoms with Gasteiger partial charge in [-0.1, -0.05) is 39.5 Å². The van der Waals surface area contributed by atoms with E-state index in [1.807, 2.05) is 27.7 Å². The molecular weight excluding hydrogens is 352 g/mol. The normalized spacial score (nSPS) is 11.4. The Balaban J connectivity index is 1.98. The highest BCUT2D eigenvalue weighted by Gasteiger charge is 2.21. The zero-order valence-corrected chi connectivity index (χ0v) is 16.3. The molecule has 0 aliphatic carbocycles.